The zero-order chi connectivity index (χ0) is 10.2. The van der Waals surface area contributed by atoms with Crippen LogP contribution in [0.3, 0.4) is 0 Å². The second-order valence-corrected chi connectivity index (χ2v) is 4.01. The number of hydrogen-bond acceptors (Lipinski definition) is 1. The van der Waals surface area contributed by atoms with Crippen molar-refractivity contribution < 1.29 is 0 Å². The van der Waals surface area contributed by atoms with Gasteiger partial charge in [0, 0.05) is 11.2 Å². The summed E-state index contributed by atoms with van der Waals surface area (Å²) in [5, 5.41) is 10.2. The molecule has 2 rings (SSSR count). The van der Waals surface area contributed by atoms with Gasteiger partial charge < -0.3 is 4.98 Å². The first-order valence-electron chi connectivity index (χ1n) is 4.63. The second kappa shape index (κ2) is 2.88. The molecule has 0 bridgehead atoms. The monoisotopic (exact) mass is 188 g/mol. The Balaban J connectivity index is 2.62. The van der Waals surface area contributed by atoms with E-state index in [0.29, 0.717) is 0 Å². The van der Waals surface area contributed by atoms with Crippen LogP contribution in [-0.2, 0) is 5.41 Å². The van der Waals surface area contributed by atoms with Gasteiger partial charge >= 0.3 is 0 Å². The molecule has 0 aliphatic carbocycles. The summed E-state index contributed by atoms with van der Waals surface area (Å²) in [6, 6.07) is 12.4. The van der Waals surface area contributed by atoms with Crippen molar-refractivity contribution >= 4 is 10.9 Å². The van der Waals surface area contributed by atoms with Gasteiger partial charge in [0.15, 0.2) is 0 Å². The molecule has 0 unspecified atom stereocenters. The van der Waals surface area contributed by atoms with Crippen LogP contribution in [0.25, 0.3) is 10.9 Å². The van der Waals surface area contributed by atoms with Gasteiger partial charge in [0.25, 0.3) is 0 Å². The number of rotatable bonds is 1. The van der Waals surface area contributed by atoms with E-state index in [-0.39, 0.29) is 0 Å². The standard InChI is InChI=1S/C12H12N2/c1-12(2,8-13)11-7-9-5-3-4-6-10(9)14-11/h3-7,14H,1-2H3/i1+1,2+1,8+1,13+1. The van der Waals surface area contributed by atoms with Gasteiger partial charge in [-0.1, -0.05) is 18.2 Å². The van der Waals surface area contributed by atoms with Crippen molar-refractivity contribution in [2.45, 2.75) is 19.3 Å². The normalized spacial score (nSPS) is 11.5. The molecule has 0 radical (unpaired) electrons. The van der Waals surface area contributed by atoms with Crippen LogP contribution < -0.4 is 0 Å². The maximum Gasteiger partial charge on any atom is 0.0915 e. The molecule has 1 heterocycles. The zero-order valence-electron chi connectivity index (χ0n) is 8.33. The predicted molar refractivity (Wildman–Crippen MR) is 56.9 cm³/mol. The molecular weight excluding hydrogens is 176 g/mol. The highest BCUT2D eigenvalue weighted by Crippen LogP contribution is 2.25. The molecule has 2 heteroatoms. The Morgan fingerprint density at radius 2 is 2.00 bits per heavy atom. The number of nitriles is 1. The molecule has 2 aromatic rings. The van der Waals surface area contributed by atoms with E-state index in [2.05, 4.69) is 11.1 Å². The lowest BCUT2D eigenvalue weighted by atomic mass is 10.1. The summed E-state index contributed by atoms with van der Waals surface area (Å²) in [5.74, 6) is 0. The lowest BCUT2D eigenvalue weighted by molar-refractivity contribution is 0.667. The van der Waals surface area contributed by atoms with E-state index >= 15 is 0 Å². The average molecular weight is 188 g/mol. The fraction of sp³-hybridized carbons (Fsp3) is 0.250. The van der Waals surface area contributed by atoms with Gasteiger partial charge in [-0.2, -0.15) is 5.26 Å². The van der Waals surface area contributed by atoms with E-state index in [4.69, 9.17) is 5.26 Å². The lowest BCUT2D eigenvalue weighted by Crippen LogP contribution is -2.13. The Hall–Kier alpha value is -1.75. The molecule has 0 saturated carbocycles. The van der Waals surface area contributed by atoms with E-state index in [9.17, 15) is 0 Å². The van der Waals surface area contributed by atoms with Crippen LogP contribution in [-0.4, -0.2) is 4.98 Å². The third kappa shape index (κ3) is 1.27. The Labute approximate surface area is 83.2 Å². The summed E-state index contributed by atoms with van der Waals surface area (Å²) in [5.41, 5.74) is 1.62. The number of para-hydroxylation sites is 1. The minimum Gasteiger partial charge on any atom is -0.357 e. The number of aromatic nitrogens is 1. The van der Waals surface area contributed by atoms with Crippen molar-refractivity contribution in [1.82, 2.24) is 4.98 Å². The molecule has 0 amide bonds. The maximum atomic E-state index is 9.00. The van der Waals surface area contributed by atoms with Crippen molar-refractivity contribution in [2.24, 2.45) is 0 Å². The third-order valence-corrected chi connectivity index (χ3v) is 2.48. The highest BCUT2D eigenvalue weighted by atomic mass is 15.2. The van der Waals surface area contributed by atoms with Gasteiger partial charge in [0.05, 0.1) is 11.5 Å². The number of nitrogens with one attached hydrogen (secondary N) is 1. The first-order chi connectivity index (χ1) is 6.63. The highest BCUT2D eigenvalue weighted by molar-refractivity contribution is 5.80. The molecule has 0 aliphatic heterocycles. The van der Waals surface area contributed by atoms with Gasteiger partial charge in [-0.3, -0.25) is 0 Å². The van der Waals surface area contributed by atoms with Crippen LogP contribution in [0.2, 0.25) is 0 Å². The summed E-state index contributed by atoms with van der Waals surface area (Å²) in [7, 11) is 0. The number of hydrogen-bond donors (Lipinski definition) is 1. The van der Waals surface area contributed by atoms with E-state index < -0.39 is 5.41 Å². The maximum absolute atomic E-state index is 9.00. The number of fused-ring (bicyclic) bond motifs is 1. The molecule has 0 aliphatic rings. The summed E-state index contributed by atoms with van der Waals surface area (Å²) in [6.07, 6.45) is 0. The minimum absolute atomic E-state index is 0.445. The molecule has 14 heavy (non-hydrogen) atoms. The van der Waals surface area contributed by atoms with Gasteiger partial charge in [0.1, 0.15) is 0 Å². The molecule has 1 aromatic heterocycles. The van der Waals surface area contributed by atoms with Crippen molar-refractivity contribution in [2.75, 3.05) is 0 Å². The Morgan fingerprint density at radius 1 is 1.29 bits per heavy atom. The van der Waals surface area contributed by atoms with Crippen molar-refractivity contribution in [3.63, 3.8) is 0 Å². The van der Waals surface area contributed by atoms with Crippen molar-refractivity contribution in [1.29, 1.82) is 5.26 Å². The molecule has 1 aromatic carbocycles. The molecular formula is C12H12N2. The van der Waals surface area contributed by atoms with Crippen molar-refractivity contribution in [3.05, 3.63) is 36.0 Å². The molecule has 2 nitrogen and oxygen atoms in total. The fourth-order valence-electron chi connectivity index (χ4n) is 1.47. The van der Waals surface area contributed by atoms with Gasteiger partial charge in [-0.25, -0.2) is 0 Å². The smallest absolute Gasteiger partial charge is 0.0915 e. The van der Waals surface area contributed by atoms with E-state index in [1.54, 1.807) is 0 Å². The molecule has 0 fully saturated rings. The highest BCUT2D eigenvalue weighted by Gasteiger charge is 2.21. The van der Waals surface area contributed by atoms with Crippen LogP contribution in [0.4, 0.5) is 0 Å². The number of H-pyrrole nitrogens is 1. The van der Waals surface area contributed by atoms with Crippen LogP contribution >= 0.6 is 0 Å². The second-order valence-electron chi connectivity index (χ2n) is 4.01. The van der Waals surface area contributed by atoms with Crippen molar-refractivity contribution in [3.8, 4) is 6.07 Å². The quantitative estimate of drug-likeness (QED) is 0.542. The van der Waals surface area contributed by atoms with Gasteiger partial charge in [-0.05, 0) is 31.4 Å². The Bertz CT molecular complexity index is 467. The van der Waals surface area contributed by atoms with Crippen LogP contribution in [0.5, 0.6) is 0 Å². The minimum atomic E-state index is -0.445. The third-order valence-electron chi connectivity index (χ3n) is 2.48. The molecule has 0 atom stereocenters. The average Bonchev–Trinajstić information content (AvgIpc) is 2.61. The number of aromatic amines is 1. The first kappa shape index (κ1) is 8.83. The summed E-state index contributed by atoms with van der Waals surface area (Å²) in [6.45, 7) is 3.83. The molecule has 0 saturated heterocycles. The van der Waals surface area contributed by atoms with Crippen LogP contribution in [0.1, 0.15) is 19.5 Å². The Morgan fingerprint density at radius 3 is 2.64 bits per heavy atom. The predicted octanol–water partition coefficient (Wildman–Crippen LogP) is 2.97. The van der Waals surface area contributed by atoms with Gasteiger partial charge in [-0.15, -0.1) is 0 Å². The SMILES string of the molecule is [13CH3]C([13CH3])([13C]#[15N])c1cc2ccccc2[nH]1. The Kier molecular flexibility index (Phi) is 1.82. The van der Waals surface area contributed by atoms with Crippen LogP contribution in [0, 0.1) is 11.3 Å². The topological polar surface area (TPSA) is 39.6 Å². The zero-order valence-corrected chi connectivity index (χ0v) is 8.33. The number of nitrogens with zero attached hydrogens (tertiary/aromatic N) is 1. The summed E-state index contributed by atoms with van der Waals surface area (Å²) in [4.78, 5) is 3.26. The van der Waals surface area contributed by atoms with Gasteiger partial charge in [0.2, 0.25) is 0 Å². The first-order valence-corrected chi connectivity index (χ1v) is 4.63. The summed E-state index contributed by atoms with van der Waals surface area (Å²) >= 11 is 0. The molecule has 1 N–H and O–H groups in total. The van der Waals surface area contributed by atoms with Crippen LogP contribution in [0.15, 0.2) is 30.3 Å². The largest absolute Gasteiger partial charge is 0.357 e. The van der Waals surface area contributed by atoms with E-state index in [1.165, 1.54) is 0 Å². The lowest BCUT2D eigenvalue weighted by Gasteiger charge is -2.11. The van der Waals surface area contributed by atoms with E-state index in [1.807, 2.05) is 44.2 Å². The fourth-order valence-corrected chi connectivity index (χ4v) is 1.47. The van der Waals surface area contributed by atoms with E-state index in [0.717, 1.165) is 16.6 Å². The number of benzene rings is 1. The molecule has 0 spiro atoms. The molecule has 70 valence electrons. The summed E-state index contributed by atoms with van der Waals surface area (Å²) < 4.78 is 0.